The van der Waals surface area contributed by atoms with E-state index < -0.39 is 6.10 Å². The topological polar surface area (TPSA) is 46.5 Å². The summed E-state index contributed by atoms with van der Waals surface area (Å²) in [7, 11) is 0. The monoisotopic (exact) mass is 158 g/mol. The molecule has 0 aliphatic carbocycles. The summed E-state index contributed by atoms with van der Waals surface area (Å²) in [5.41, 5.74) is 0. The van der Waals surface area contributed by atoms with Crippen molar-refractivity contribution in [3.63, 3.8) is 0 Å². The van der Waals surface area contributed by atoms with Gasteiger partial charge in [0.2, 0.25) is 0 Å². The molecule has 1 rings (SSSR count). The molecule has 0 aromatic carbocycles. The Labute approximate surface area is 66.4 Å². The van der Waals surface area contributed by atoms with Crippen molar-refractivity contribution in [3.8, 4) is 0 Å². The normalized spacial score (nSPS) is 30.5. The molecular weight excluding hydrogens is 144 g/mol. The lowest BCUT2D eigenvalue weighted by molar-refractivity contribution is -0.141. The number of carbonyl (C=O) groups is 1. The average molecular weight is 158 g/mol. The lowest BCUT2D eigenvalue weighted by Crippen LogP contribution is -2.20. The Balaban J connectivity index is 2.35. The zero-order valence-electron chi connectivity index (χ0n) is 6.75. The first-order chi connectivity index (χ1) is 5.25. The molecule has 0 amide bonds. The average Bonchev–Trinajstić information content (AvgIpc) is 2.29. The highest BCUT2D eigenvalue weighted by atomic mass is 16.6. The van der Waals surface area contributed by atoms with Gasteiger partial charge in [0.05, 0.1) is 5.92 Å². The molecule has 0 bridgehead atoms. The fourth-order valence-corrected chi connectivity index (χ4v) is 1.28. The second-order valence-electron chi connectivity index (χ2n) is 2.95. The highest BCUT2D eigenvalue weighted by Crippen LogP contribution is 2.20. The fourth-order valence-electron chi connectivity index (χ4n) is 1.28. The van der Waals surface area contributed by atoms with Crippen LogP contribution in [0.4, 0.5) is 0 Å². The van der Waals surface area contributed by atoms with Crippen LogP contribution in [0.2, 0.25) is 0 Å². The number of hydrogen-bond acceptors (Lipinski definition) is 3. The van der Waals surface area contributed by atoms with Gasteiger partial charge in [0.15, 0.2) is 0 Å². The number of esters is 1. The lowest BCUT2D eigenvalue weighted by Gasteiger charge is -2.07. The lowest BCUT2D eigenvalue weighted by atomic mass is 9.99. The van der Waals surface area contributed by atoms with Gasteiger partial charge in [-0.1, -0.05) is 19.8 Å². The van der Waals surface area contributed by atoms with Crippen LogP contribution in [-0.2, 0) is 9.53 Å². The fraction of sp³-hybridized carbons (Fsp3) is 0.875. The maximum absolute atomic E-state index is 10.9. The van der Waals surface area contributed by atoms with Gasteiger partial charge in [-0.25, -0.2) is 0 Å². The van der Waals surface area contributed by atoms with E-state index in [0.717, 1.165) is 19.3 Å². The summed E-state index contributed by atoms with van der Waals surface area (Å²) in [5, 5.41) is 9.24. The number of unbranched alkanes of at least 4 members (excludes halogenated alkanes) is 1. The van der Waals surface area contributed by atoms with Crippen molar-refractivity contribution in [2.24, 2.45) is 5.92 Å². The van der Waals surface area contributed by atoms with Gasteiger partial charge in [0, 0.05) is 0 Å². The molecule has 0 aromatic rings. The van der Waals surface area contributed by atoms with Crippen LogP contribution in [0.5, 0.6) is 0 Å². The van der Waals surface area contributed by atoms with Gasteiger partial charge in [-0.15, -0.1) is 0 Å². The van der Waals surface area contributed by atoms with Crippen molar-refractivity contribution < 1.29 is 14.6 Å². The van der Waals surface area contributed by atoms with Gasteiger partial charge in [-0.05, 0) is 6.42 Å². The molecule has 1 saturated heterocycles. The number of carbonyl (C=O) groups excluding carboxylic acids is 1. The first kappa shape index (κ1) is 8.53. The zero-order valence-corrected chi connectivity index (χ0v) is 6.75. The molecule has 3 nitrogen and oxygen atoms in total. The predicted octanol–water partition coefficient (Wildman–Crippen LogP) is 0.710. The van der Waals surface area contributed by atoms with Crippen LogP contribution in [-0.4, -0.2) is 23.8 Å². The van der Waals surface area contributed by atoms with Crippen molar-refractivity contribution >= 4 is 5.97 Å². The molecule has 0 saturated carbocycles. The van der Waals surface area contributed by atoms with Crippen molar-refractivity contribution in [3.05, 3.63) is 0 Å². The third-order valence-electron chi connectivity index (χ3n) is 2.03. The number of ether oxygens (including phenoxy) is 1. The molecule has 3 heteroatoms. The standard InChI is InChI=1S/C8H14O3/c1-2-3-4-6-7(9)5-11-8(6)10/h6-7,9H,2-5H2,1H3/t6-,7-/m0/s1. The minimum Gasteiger partial charge on any atom is -0.463 e. The molecule has 1 N–H and O–H groups in total. The van der Waals surface area contributed by atoms with E-state index in [4.69, 9.17) is 0 Å². The van der Waals surface area contributed by atoms with E-state index in [1.54, 1.807) is 0 Å². The second kappa shape index (κ2) is 3.72. The molecule has 2 atom stereocenters. The van der Waals surface area contributed by atoms with E-state index in [0.29, 0.717) is 0 Å². The van der Waals surface area contributed by atoms with Gasteiger partial charge in [-0.3, -0.25) is 4.79 Å². The number of hydrogen-bond donors (Lipinski definition) is 1. The zero-order chi connectivity index (χ0) is 8.27. The van der Waals surface area contributed by atoms with E-state index in [-0.39, 0.29) is 18.5 Å². The second-order valence-corrected chi connectivity index (χ2v) is 2.95. The van der Waals surface area contributed by atoms with Gasteiger partial charge >= 0.3 is 5.97 Å². The summed E-state index contributed by atoms with van der Waals surface area (Å²) >= 11 is 0. The Morgan fingerprint density at radius 2 is 2.45 bits per heavy atom. The molecule has 0 aromatic heterocycles. The summed E-state index contributed by atoms with van der Waals surface area (Å²) < 4.78 is 4.69. The van der Waals surface area contributed by atoms with Crippen LogP contribution in [0.15, 0.2) is 0 Å². The van der Waals surface area contributed by atoms with Gasteiger partial charge < -0.3 is 9.84 Å². The highest BCUT2D eigenvalue weighted by molar-refractivity contribution is 5.75. The Morgan fingerprint density at radius 1 is 1.73 bits per heavy atom. The van der Waals surface area contributed by atoms with E-state index >= 15 is 0 Å². The van der Waals surface area contributed by atoms with Gasteiger partial charge in [0.25, 0.3) is 0 Å². The number of aliphatic hydroxyl groups is 1. The number of rotatable bonds is 3. The minimum atomic E-state index is -0.561. The van der Waals surface area contributed by atoms with E-state index in [1.807, 2.05) is 0 Å². The predicted molar refractivity (Wildman–Crippen MR) is 40.0 cm³/mol. The molecular formula is C8H14O3. The van der Waals surface area contributed by atoms with E-state index in [2.05, 4.69) is 11.7 Å². The maximum atomic E-state index is 10.9. The summed E-state index contributed by atoms with van der Waals surface area (Å²) in [4.78, 5) is 10.9. The number of aliphatic hydroxyl groups excluding tert-OH is 1. The van der Waals surface area contributed by atoms with Crippen LogP contribution in [0.3, 0.4) is 0 Å². The molecule has 0 unspecified atom stereocenters. The molecule has 0 spiro atoms. The van der Waals surface area contributed by atoms with Crippen molar-refractivity contribution in [1.29, 1.82) is 0 Å². The quantitative estimate of drug-likeness (QED) is 0.615. The highest BCUT2D eigenvalue weighted by Gasteiger charge is 2.34. The molecule has 11 heavy (non-hydrogen) atoms. The van der Waals surface area contributed by atoms with Crippen molar-refractivity contribution in [2.75, 3.05) is 6.61 Å². The summed E-state index contributed by atoms with van der Waals surface area (Å²) in [5.74, 6) is -0.485. The summed E-state index contributed by atoms with van der Waals surface area (Å²) in [6.45, 7) is 2.25. The summed E-state index contributed by atoms with van der Waals surface area (Å²) in [6.07, 6.45) is 2.23. The van der Waals surface area contributed by atoms with Crippen LogP contribution in [0, 0.1) is 5.92 Å². The Hall–Kier alpha value is -0.570. The number of cyclic esters (lactones) is 1. The Bertz CT molecular complexity index is 144. The van der Waals surface area contributed by atoms with Crippen LogP contribution in [0.1, 0.15) is 26.2 Å². The maximum Gasteiger partial charge on any atom is 0.311 e. The van der Waals surface area contributed by atoms with Crippen molar-refractivity contribution in [2.45, 2.75) is 32.3 Å². The summed E-state index contributed by atoms with van der Waals surface area (Å²) in [6, 6.07) is 0. The van der Waals surface area contributed by atoms with Crippen LogP contribution >= 0.6 is 0 Å². The first-order valence-corrected chi connectivity index (χ1v) is 4.10. The van der Waals surface area contributed by atoms with Crippen LogP contribution < -0.4 is 0 Å². The molecule has 1 heterocycles. The van der Waals surface area contributed by atoms with Gasteiger partial charge in [0.1, 0.15) is 12.7 Å². The molecule has 0 radical (unpaired) electrons. The Morgan fingerprint density at radius 3 is 2.91 bits per heavy atom. The SMILES string of the molecule is CCCC[C@@H]1C(=O)OC[C@@H]1O. The van der Waals surface area contributed by atoms with E-state index in [1.165, 1.54) is 0 Å². The molecule has 1 aliphatic rings. The largest absolute Gasteiger partial charge is 0.463 e. The molecule has 64 valence electrons. The Kier molecular flexibility index (Phi) is 2.88. The van der Waals surface area contributed by atoms with E-state index in [9.17, 15) is 9.90 Å². The minimum absolute atomic E-state index is 0.188. The van der Waals surface area contributed by atoms with Gasteiger partial charge in [-0.2, -0.15) is 0 Å². The molecule has 1 aliphatic heterocycles. The third kappa shape index (κ3) is 1.93. The first-order valence-electron chi connectivity index (χ1n) is 4.10. The smallest absolute Gasteiger partial charge is 0.311 e. The van der Waals surface area contributed by atoms with Crippen molar-refractivity contribution in [1.82, 2.24) is 0 Å². The van der Waals surface area contributed by atoms with Crippen LogP contribution in [0.25, 0.3) is 0 Å². The third-order valence-corrected chi connectivity index (χ3v) is 2.03. The molecule has 1 fully saturated rings.